The predicted octanol–water partition coefficient (Wildman–Crippen LogP) is 17.7. The average molecular weight is 1090 g/mol. The lowest BCUT2D eigenvalue weighted by molar-refractivity contribution is -0.175. The second-order valence-corrected chi connectivity index (χ2v) is 27.3. The molecule has 0 bridgehead atoms. The number of ether oxygens (including phenoxy) is 2. The highest BCUT2D eigenvalue weighted by molar-refractivity contribution is 7.80. The molecule has 0 aliphatic carbocycles. The van der Waals surface area contributed by atoms with E-state index in [0.717, 1.165) is 82.0 Å². The molecular weight excluding hydrogens is 1020 g/mol. The van der Waals surface area contributed by atoms with Gasteiger partial charge in [0.25, 0.3) is 0 Å². The summed E-state index contributed by atoms with van der Waals surface area (Å²) in [6.07, 6.45) is -1.69. The van der Waals surface area contributed by atoms with E-state index in [0.29, 0.717) is 0 Å². The van der Waals surface area contributed by atoms with Crippen molar-refractivity contribution >= 4 is 75.5 Å². The molecule has 7 heteroatoms. The number of hydrogen-bond acceptors (Lipinski definition) is 5. The van der Waals surface area contributed by atoms with Crippen molar-refractivity contribution in [2.24, 2.45) is 0 Å². The van der Waals surface area contributed by atoms with Crippen LogP contribution in [0.4, 0.5) is 0 Å². The van der Waals surface area contributed by atoms with Gasteiger partial charge in [0.1, 0.15) is 18.0 Å². The third-order valence-electron chi connectivity index (χ3n) is 16.2. The zero-order valence-corrected chi connectivity index (χ0v) is 48.5. The van der Waals surface area contributed by atoms with Crippen molar-refractivity contribution in [3.8, 4) is 5.75 Å². The lowest BCUT2D eigenvalue weighted by Crippen LogP contribution is -2.53. The zero-order chi connectivity index (χ0) is 55.0. The second-order valence-electron chi connectivity index (χ2n) is 24.1. The fourth-order valence-electron chi connectivity index (χ4n) is 12.2. The van der Waals surface area contributed by atoms with Crippen molar-refractivity contribution in [2.45, 2.75) is 95.4 Å². The molecular formula is C73H66O5P2. The first-order chi connectivity index (χ1) is 38.6. The maximum atomic E-state index is 8.39. The molecule has 0 N–H and O–H groups in total. The standard InChI is InChI=1S/C73H66O5P2/c1-69(2,3)61-47-64(70(4,5)6)66(65(48-61)79(62-31-11-9-12-32-62)63-33-13-10-14-34-63)76-80-77-72(57-39-35-49-23-15-19-27-53(49)43-57,58-40-36-50-24-16-20-28-54(50)44-58)67-68(75-71(7,8)74-67)73(78-80,59-41-37-51-25-17-21-29-55(51)45-59)60-42-38-52-26-18-22-30-56(52)46-60/h9-48,67-68H,1-8H3/t67-,68-/m1/s1. The van der Waals surface area contributed by atoms with Crippen molar-refractivity contribution < 1.29 is 23.0 Å². The lowest BCUT2D eigenvalue weighted by Gasteiger charge is -2.41. The smallest absolute Gasteiger partial charge is 0.399 e. The molecule has 2 fully saturated rings. The fourth-order valence-corrected chi connectivity index (χ4v) is 16.2. The van der Waals surface area contributed by atoms with E-state index >= 15 is 0 Å². The summed E-state index contributed by atoms with van der Waals surface area (Å²) in [6.45, 7) is 17.8. The van der Waals surface area contributed by atoms with Gasteiger partial charge >= 0.3 is 8.60 Å². The molecule has 0 amide bonds. The van der Waals surface area contributed by atoms with Gasteiger partial charge in [-0.2, -0.15) is 0 Å². The molecule has 80 heavy (non-hydrogen) atoms. The van der Waals surface area contributed by atoms with Gasteiger partial charge in [0.15, 0.2) is 17.0 Å². The third-order valence-corrected chi connectivity index (χ3v) is 19.9. The number of rotatable bonds is 9. The Morgan fingerprint density at radius 2 is 0.725 bits per heavy atom. The fraction of sp³-hybridized carbons (Fsp3) is 0.205. The molecule has 0 aromatic heterocycles. The van der Waals surface area contributed by atoms with Crippen LogP contribution in [-0.4, -0.2) is 18.0 Å². The molecule has 0 radical (unpaired) electrons. The van der Waals surface area contributed by atoms with Crippen molar-refractivity contribution in [3.05, 3.63) is 276 Å². The molecule has 0 saturated carbocycles. The van der Waals surface area contributed by atoms with E-state index in [9.17, 15) is 0 Å². The highest BCUT2D eigenvalue weighted by Crippen LogP contribution is 2.66. The first kappa shape index (κ1) is 52.3. The van der Waals surface area contributed by atoms with Crippen molar-refractivity contribution in [2.75, 3.05) is 0 Å². The molecule has 13 rings (SSSR count). The molecule has 0 spiro atoms. The monoisotopic (exact) mass is 1080 g/mol. The molecule has 5 nitrogen and oxygen atoms in total. The van der Waals surface area contributed by atoms with Gasteiger partial charge < -0.3 is 14.0 Å². The van der Waals surface area contributed by atoms with E-state index in [4.69, 9.17) is 23.0 Å². The van der Waals surface area contributed by atoms with Crippen molar-refractivity contribution in [3.63, 3.8) is 0 Å². The minimum Gasteiger partial charge on any atom is -0.426 e. The van der Waals surface area contributed by atoms with Crippen LogP contribution in [0.25, 0.3) is 43.1 Å². The van der Waals surface area contributed by atoms with E-state index in [1.54, 1.807) is 0 Å². The van der Waals surface area contributed by atoms with Gasteiger partial charge in [-0.1, -0.05) is 254 Å². The summed E-state index contributed by atoms with van der Waals surface area (Å²) in [5.74, 6) is -0.362. The van der Waals surface area contributed by atoms with Gasteiger partial charge in [0.05, 0.1) is 0 Å². The Hall–Kier alpha value is -7.04. The highest BCUT2D eigenvalue weighted by atomic mass is 31.2. The summed E-state index contributed by atoms with van der Waals surface area (Å²) in [5, 5.41) is 12.2. The summed E-state index contributed by atoms with van der Waals surface area (Å²) in [4.78, 5) is 0. The van der Waals surface area contributed by atoms with Crippen LogP contribution in [0.1, 0.15) is 88.8 Å². The summed E-state index contributed by atoms with van der Waals surface area (Å²) in [6, 6.07) is 87.5. The van der Waals surface area contributed by atoms with Gasteiger partial charge in [-0.3, -0.25) is 9.05 Å². The topological polar surface area (TPSA) is 46.2 Å². The van der Waals surface area contributed by atoms with E-state index in [1.165, 1.54) is 16.2 Å². The van der Waals surface area contributed by atoms with Gasteiger partial charge in [0, 0.05) is 10.9 Å². The molecule has 2 atom stereocenters. The van der Waals surface area contributed by atoms with Crippen LogP contribution < -0.4 is 20.4 Å². The van der Waals surface area contributed by atoms with Crippen LogP contribution >= 0.6 is 16.5 Å². The van der Waals surface area contributed by atoms with E-state index in [1.807, 2.05) is 13.8 Å². The van der Waals surface area contributed by atoms with E-state index in [2.05, 4.69) is 284 Å². The number of benzene rings is 11. The molecule has 0 unspecified atom stereocenters. The molecule has 398 valence electrons. The highest BCUT2D eigenvalue weighted by Gasteiger charge is 2.68. The van der Waals surface area contributed by atoms with Gasteiger partial charge in [0.2, 0.25) is 0 Å². The molecule has 2 saturated heterocycles. The van der Waals surface area contributed by atoms with Crippen LogP contribution in [0.2, 0.25) is 0 Å². The normalized spacial score (nSPS) is 18.2. The lowest BCUT2D eigenvalue weighted by atomic mass is 9.71. The van der Waals surface area contributed by atoms with Crippen molar-refractivity contribution in [1.29, 1.82) is 0 Å². The minimum absolute atomic E-state index is 0.204. The first-order valence-electron chi connectivity index (χ1n) is 27.9. The SMILES string of the molecule is CC1(C)O[C@@H]2[C@@H](O1)C(c1ccc3ccccc3c1)(c1ccc3ccccc3c1)OP(Oc1c(P(c3ccccc3)c3ccccc3)cc(C(C)(C)C)cc1C(C)(C)C)OC2(c1ccc2ccccc2c1)c1ccc2ccccc2c1. The molecule has 11 aromatic carbocycles. The van der Waals surface area contributed by atoms with E-state index in [-0.39, 0.29) is 5.41 Å². The molecule has 11 aromatic rings. The average Bonchev–Trinajstić information content (AvgIpc) is 3.88. The first-order valence-corrected chi connectivity index (χ1v) is 30.3. The zero-order valence-electron chi connectivity index (χ0n) is 46.7. The Bertz CT molecular complexity index is 3720. The molecule has 2 aliphatic heterocycles. The summed E-state index contributed by atoms with van der Waals surface area (Å²) in [5.41, 5.74) is 2.40. The number of hydrogen-bond donors (Lipinski definition) is 0. The van der Waals surface area contributed by atoms with Crippen LogP contribution in [0.3, 0.4) is 0 Å². The van der Waals surface area contributed by atoms with Crippen LogP contribution in [0, 0.1) is 0 Å². The van der Waals surface area contributed by atoms with Gasteiger partial charge in [-0.05, 0) is 144 Å². The summed E-state index contributed by atoms with van der Waals surface area (Å²) < 4.78 is 40.4. The minimum atomic E-state index is -2.50. The third kappa shape index (κ3) is 9.33. The maximum absolute atomic E-state index is 8.39. The Morgan fingerprint density at radius 1 is 0.388 bits per heavy atom. The Kier molecular flexibility index (Phi) is 13.2. The largest absolute Gasteiger partial charge is 0.426 e. The van der Waals surface area contributed by atoms with Crippen LogP contribution in [-0.2, 0) is 40.6 Å². The second kappa shape index (κ2) is 20.2. The Balaban J connectivity index is 1.17. The van der Waals surface area contributed by atoms with Crippen LogP contribution in [0.15, 0.2) is 243 Å². The molecule has 2 heterocycles. The summed E-state index contributed by atoms with van der Waals surface area (Å²) in [7, 11) is -3.73. The molecule has 2 aliphatic rings. The quantitative estimate of drug-likeness (QED) is 0.135. The van der Waals surface area contributed by atoms with Crippen LogP contribution in [0.5, 0.6) is 5.75 Å². The predicted molar refractivity (Wildman–Crippen MR) is 333 cm³/mol. The van der Waals surface area contributed by atoms with Crippen molar-refractivity contribution in [1.82, 2.24) is 0 Å². The Morgan fingerprint density at radius 3 is 1.06 bits per heavy atom. The maximum Gasteiger partial charge on any atom is 0.399 e. The van der Waals surface area contributed by atoms with E-state index < -0.39 is 51.1 Å². The summed E-state index contributed by atoms with van der Waals surface area (Å²) >= 11 is 0. The van der Waals surface area contributed by atoms with Gasteiger partial charge in [-0.15, -0.1) is 0 Å². The Labute approximate surface area is 473 Å². The number of fused-ring (bicyclic) bond motifs is 5. The van der Waals surface area contributed by atoms with Gasteiger partial charge in [-0.25, -0.2) is 0 Å².